The van der Waals surface area contributed by atoms with Gasteiger partial charge in [-0.25, -0.2) is 0 Å². The molecule has 5 nitrogen and oxygen atoms in total. The van der Waals surface area contributed by atoms with Gasteiger partial charge in [-0.3, -0.25) is 0 Å². The molecule has 4 heterocycles. The van der Waals surface area contributed by atoms with Crippen LogP contribution < -0.4 is 57.0 Å². The van der Waals surface area contributed by atoms with E-state index in [2.05, 4.69) is 227 Å². The third kappa shape index (κ3) is 5.04. The van der Waals surface area contributed by atoms with Crippen molar-refractivity contribution in [2.24, 2.45) is 0 Å². The van der Waals surface area contributed by atoms with Crippen molar-refractivity contribution in [2.45, 2.75) is 0 Å². The SMILES string of the molecule is c1ccc(N(c2ccccc2)c2cc3c4c(c2)N(c2ccccc2)c2cc5c6c(c2B4c2ccccc2N3c2ccccc2)Oc2ccccc2B6c2ccccc2O5)cc1. The van der Waals surface area contributed by atoms with Crippen molar-refractivity contribution in [3.8, 4) is 23.0 Å². The Balaban J connectivity index is 1.17. The lowest BCUT2D eigenvalue weighted by molar-refractivity contribution is 0.467. The molecule has 0 radical (unpaired) electrons. The maximum absolute atomic E-state index is 7.31. The van der Waals surface area contributed by atoms with Crippen molar-refractivity contribution in [2.75, 3.05) is 14.7 Å². The molecule has 0 aromatic heterocycles. The monoisotopic (exact) mass is 779 g/mol. The summed E-state index contributed by atoms with van der Waals surface area (Å²) in [6.45, 7) is -0.223. The molecule has 0 aliphatic carbocycles. The zero-order valence-electron chi connectivity index (χ0n) is 33.0. The Kier molecular flexibility index (Phi) is 7.43. The highest BCUT2D eigenvalue weighted by atomic mass is 16.5. The largest absolute Gasteiger partial charge is 0.459 e. The van der Waals surface area contributed by atoms with Gasteiger partial charge in [-0.05, 0) is 106 Å². The zero-order valence-corrected chi connectivity index (χ0v) is 33.0. The predicted molar refractivity (Wildman–Crippen MR) is 253 cm³/mol. The van der Waals surface area contributed by atoms with Crippen molar-refractivity contribution >= 4 is 97.4 Å². The Labute approximate surface area is 355 Å². The number of anilines is 9. The summed E-state index contributed by atoms with van der Waals surface area (Å²) in [5.74, 6) is 3.44. The minimum absolute atomic E-state index is 0.0522. The van der Waals surface area contributed by atoms with Crippen LogP contribution in [-0.4, -0.2) is 13.4 Å². The molecule has 0 bridgehead atoms. The number of benzene rings is 9. The van der Waals surface area contributed by atoms with Gasteiger partial charge in [0.05, 0.1) is 5.69 Å². The smallest absolute Gasteiger partial charge is 0.260 e. The second kappa shape index (κ2) is 13.3. The lowest BCUT2D eigenvalue weighted by atomic mass is 9.30. The molecule has 0 amide bonds. The van der Waals surface area contributed by atoms with Gasteiger partial charge in [0.25, 0.3) is 13.4 Å². The summed E-state index contributed by atoms with van der Waals surface area (Å²) in [4.78, 5) is 7.27. The van der Waals surface area contributed by atoms with Gasteiger partial charge in [0.15, 0.2) is 0 Å². The van der Waals surface area contributed by atoms with E-state index in [1.54, 1.807) is 0 Å². The van der Waals surface area contributed by atoms with Crippen molar-refractivity contribution < 1.29 is 9.47 Å². The van der Waals surface area contributed by atoms with Gasteiger partial charge in [0.2, 0.25) is 0 Å². The number of hydrogen-bond donors (Lipinski definition) is 0. The standard InChI is InChI=1S/C54H35B2N3O2/c1-5-19-36(20-6-1)57(37-21-7-2-8-22-37)40-33-45-51-46(34-40)59(39-25-11-4-12-26-39)47-35-50-53-54(61-49-32-18-15-29-43(49)55(53)42-28-14-17-31-48(42)60-50)52(47)56(51)41-27-13-16-30-44(41)58(45)38-23-9-3-10-24-38/h1-35H. The van der Waals surface area contributed by atoms with E-state index in [1.807, 2.05) is 0 Å². The van der Waals surface area contributed by atoms with Gasteiger partial charge in [0.1, 0.15) is 23.0 Å². The Morgan fingerprint density at radius 1 is 0.328 bits per heavy atom. The van der Waals surface area contributed by atoms with Crippen LogP contribution in [0.15, 0.2) is 212 Å². The Morgan fingerprint density at radius 3 is 1.38 bits per heavy atom. The average molecular weight is 780 g/mol. The molecule has 284 valence electrons. The molecule has 0 atom stereocenters. The second-order valence-electron chi connectivity index (χ2n) is 16.0. The highest BCUT2D eigenvalue weighted by molar-refractivity contribution is 7.03. The van der Waals surface area contributed by atoms with E-state index >= 15 is 0 Å². The molecule has 0 saturated carbocycles. The van der Waals surface area contributed by atoms with E-state index in [4.69, 9.17) is 9.47 Å². The third-order valence-corrected chi connectivity index (χ3v) is 12.7. The molecule has 0 spiro atoms. The summed E-state index contributed by atoms with van der Waals surface area (Å²) < 4.78 is 14.3. The molecule has 4 aliphatic heterocycles. The molecule has 9 aromatic carbocycles. The fourth-order valence-electron chi connectivity index (χ4n) is 10.3. The molecule has 61 heavy (non-hydrogen) atoms. The van der Waals surface area contributed by atoms with Crippen LogP contribution in [-0.2, 0) is 0 Å². The van der Waals surface area contributed by atoms with E-state index < -0.39 is 0 Å². The molecule has 0 saturated heterocycles. The lowest BCUT2D eigenvalue weighted by Crippen LogP contribution is -2.65. The van der Waals surface area contributed by atoms with E-state index in [9.17, 15) is 0 Å². The maximum atomic E-state index is 7.31. The highest BCUT2D eigenvalue weighted by Crippen LogP contribution is 2.50. The van der Waals surface area contributed by atoms with Crippen LogP contribution in [0.5, 0.6) is 23.0 Å². The van der Waals surface area contributed by atoms with Crippen LogP contribution in [0.2, 0.25) is 0 Å². The van der Waals surface area contributed by atoms with E-state index in [1.165, 1.54) is 10.9 Å². The molecule has 0 fully saturated rings. The van der Waals surface area contributed by atoms with E-state index in [0.29, 0.717) is 0 Å². The minimum Gasteiger partial charge on any atom is -0.459 e. The van der Waals surface area contributed by atoms with Crippen LogP contribution in [0.1, 0.15) is 0 Å². The summed E-state index contributed by atoms with van der Waals surface area (Å²) in [6.07, 6.45) is 0. The minimum atomic E-state index is -0.171. The van der Waals surface area contributed by atoms with Crippen LogP contribution in [0.25, 0.3) is 0 Å². The summed E-state index contributed by atoms with van der Waals surface area (Å²) in [5.41, 5.74) is 16.7. The van der Waals surface area contributed by atoms with Gasteiger partial charge < -0.3 is 24.2 Å². The molecule has 9 aromatic rings. The van der Waals surface area contributed by atoms with Crippen LogP contribution in [0, 0.1) is 0 Å². The predicted octanol–water partition coefficient (Wildman–Crippen LogP) is 9.97. The number of nitrogens with zero attached hydrogens (tertiary/aromatic N) is 3. The van der Waals surface area contributed by atoms with Gasteiger partial charge in [-0.2, -0.15) is 0 Å². The second-order valence-corrected chi connectivity index (χ2v) is 16.0. The first kappa shape index (κ1) is 34.0. The van der Waals surface area contributed by atoms with E-state index in [-0.39, 0.29) is 13.4 Å². The molecule has 0 N–H and O–H groups in total. The molecular weight excluding hydrogens is 744 g/mol. The number of para-hydroxylation sites is 7. The fraction of sp³-hybridized carbons (Fsp3) is 0. The number of fused-ring (bicyclic) bond motifs is 9. The molecule has 13 rings (SSSR count). The maximum Gasteiger partial charge on any atom is 0.260 e. The third-order valence-electron chi connectivity index (χ3n) is 12.7. The van der Waals surface area contributed by atoms with Gasteiger partial charge in [-0.1, -0.05) is 127 Å². The first-order valence-electron chi connectivity index (χ1n) is 20.9. The molecule has 4 aliphatic rings. The normalized spacial score (nSPS) is 13.4. The summed E-state index contributed by atoms with van der Waals surface area (Å²) in [7, 11) is 0. The topological polar surface area (TPSA) is 28.2 Å². The highest BCUT2D eigenvalue weighted by Gasteiger charge is 2.50. The summed E-state index contributed by atoms with van der Waals surface area (Å²) >= 11 is 0. The van der Waals surface area contributed by atoms with E-state index in [0.717, 1.165) is 96.0 Å². The van der Waals surface area contributed by atoms with Crippen molar-refractivity contribution in [1.82, 2.24) is 0 Å². The van der Waals surface area contributed by atoms with Crippen molar-refractivity contribution in [1.29, 1.82) is 0 Å². The Bertz CT molecular complexity index is 3130. The van der Waals surface area contributed by atoms with Crippen LogP contribution in [0.3, 0.4) is 0 Å². The Hall–Kier alpha value is -7.89. The van der Waals surface area contributed by atoms with Gasteiger partial charge >= 0.3 is 0 Å². The number of rotatable bonds is 5. The first-order valence-corrected chi connectivity index (χ1v) is 20.9. The molecular formula is C54H35B2N3O2. The number of hydrogen-bond acceptors (Lipinski definition) is 5. The van der Waals surface area contributed by atoms with Crippen molar-refractivity contribution in [3.63, 3.8) is 0 Å². The molecule has 0 unspecified atom stereocenters. The van der Waals surface area contributed by atoms with Crippen LogP contribution >= 0.6 is 0 Å². The van der Waals surface area contributed by atoms with Gasteiger partial charge in [-0.15, -0.1) is 0 Å². The summed E-state index contributed by atoms with van der Waals surface area (Å²) in [5, 5.41) is 0. The lowest BCUT2D eigenvalue weighted by Gasteiger charge is -2.46. The quantitative estimate of drug-likeness (QED) is 0.162. The average Bonchev–Trinajstić information content (AvgIpc) is 3.32. The van der Waals surface area contributed by atoms with Gasteiger partial charge in [0, 0.05) is 57.0 Å². The summed E-state index contributed by atoms with van der Waals surface area (Å²) in [6, 6.07) is 75.9. The fourth-order valence-corrected chi connectivity index (χ4v) is 10.3. The molecule has 7 heteroatoms. The Morgan fingerprint density at radius 2 is 0.787 bits per heavy atom. The number of ether oxygens (including phenoxy) is 2. The van der Waals surface area contributed by atoms with Crippen molar-refractivity contribution in [3.05, 3.63) is 212 Å². The van der Waals surface area contributed by atoms with Crippen LogP contribution in [0.4, 0.5) is 51.2 Å². The zero-order chi connectivity index (χ0) is 40.0. The first-order chi connectivity index (χ1) is 30.3.